The lowest BCUT2D eigenvalue weighted by molar-refractivity contribution is 0.475. The highest BCUT2D eigenvalue weighted by molar-refractivity contribution is 6.07. The molecule has 0 amide bonds. The third-order valence-corrected chi connectivity index (χ3v) is 7.43. The zero-order chi connectivity index (χ0) is 28.6. The van der Waals surface area contributed by atoms with Crippen LogP contribution in [0.4, 0.5) is 0 Å². The van der Waals surface area contributed by atoms with E-state index in [1.807, 2.05) is 48.5 Å². The van der Waals surface area contributed by atoms with E-state index < -0.39 is 0 Å². The second kappa shape index (κ2) is 10.8. The fourth-order valence-electron chi connectivity index (χ4n) is 5.83. The summed E-state index contributed by atoms with van der Waals surface area (Å²) in [5.41, 5.74) is 7.32. The Labute approximate surface area is 235 Å². The molecule has 4 nitrogen and oxygen atoms in total. The maximum absolute atomic E-state index is 11.3. The second-order valence-electron chi connectivity index (χ2n) is 10.7. The van der Waals surface area contributed by atoms with Crippen molar-refractivity contribution in [3.8, 4) is 67.5 Å². The average molecular weight is 531 g/mol. The second-order valence-corrected chi connectivity index (χ2v) is 10.7. The van der Waals surface area contributed by atoms with Gasteiger partial charge in [-0.3, -0.25) is 0 Å². The fourth-order valence-corrected chi connectivity index (χ4v) is 5.83. The van der Waals surface area contributed by atoms with Crippen LogP contribution in [-0.2, 0) is 0 Å². The molecule has 5 rings (SSSR count). The van der Waals surface area contributed by atoms with Crippen molar-refractivity contribution in [2.24, 2.45) is 0 Å². The Hall–Kier alpha value is -4.70. The molecule has 5 aromatic rings. The van der Waals surface area contributed by atoms with E-state index in [2.05, 4.69) is 27.7 Å². The lowest BCUT2D eigenvalue weighted by atomic mass is 9.72. The lowest BCUT2D eigenvalue weighted by Crippen LogP contribution is -2.09. The van der Waals surface area contributed by atoms with Crippen LogP contribution in [0.2, 0.25) is 0 Å². The molecular formula is C36H34O4. The Morgan fingerprint density at radius 2 is 0.575 bits per heavy atom. The predicted molar refractivity (Wildman–Crippen MR) is 163 cm³/mol. The maximum Gasteiger partial charge on any atom is 0.123 e. The van der Waals surface area contributed by atoms with E-state index in [1.54, 1.807) is 48.5 Å². The number of para-hydroxylation sites is 4. The van der Waals surface area contributed by atoms with Gasteiger partial charge in [0.05, 0.1) is 0 Å². The Morgan fingerprint density at radius 3 is 0.800 bits per heavy atom. The molecule has 0 atom stereocenters. The van der Waals surface area contributed by atoms with Crippen LogP contribution in [0.25, 0.3) is 44.5 Å². The molecule has 0 aliphatic heterocycles. The molecule has 0 spiro atoms. The van der Waals surface area contributed by atoms with Crippen LogP contribution in [0.1, 0.15) is 50.7 Å². The number of phenolic OH excluding ortho intramolecular Hbond substituents is 4. The van der Waals surface area contributed by atoms with E-state index in [0.717, 1.165) is 22.3 Å². The summed E-state index contributed by atoms with van der Waals surface area (Å²) in [6, 6.07) is 28.7. The number of phenols is 4. The van der Waals surface area contributed by atoms with Gasteiger partial charge in [-0.05, 0) is 58.4 Å². The van der Waals surface area contributed by atoms with Gasteiger partial charge in [0.1, 0.15) is 23.0 Å². The van der Waals surface area contributed by atoms with Crippen LogP contribution in [-0.4, -0.2) is 20.4 Å². The molecule has 4 N–H and O–H groups in total. The summed E-state index contributed by atoms with van der Waals surface area (Å²) in [5.74, 6) is 0.417. The number of hydrogen-bond donors (Lipinski definition) is 4. The molecule has 0 aliphatic rings. The first kappa shape index (κ1) is 26.9. The SMILES string of the molecule is CC(C)c1c(-c2ccccc2O)c(-c2ccccc2O)c(-c2ccccc2O)c(-c2ccccc2O)c1C(C)C. The molecule has 0 aromatic heterocycles. The molecule has 0 bridgehead atoms. The van der Waals surface area contributed by atoms with E-state index in [4.69, 9.17) is 0 Å². The van der Waals surface area contributed by atoms with E-state index in [0.29, 0.717) is 33.4 Å². The molecule has 0 radical (unpaired) electrons. The standard InChI is InChI=1S/C36H34O4/c1-21(2)31-32(22(3)4)34(24-14-6-10-18-28(24)38)36(26-16-8-12-20-30(26)40)35(25-15-7-11-19-29(25)39)33(31)23-13-5-9-17-27(23)37/h5-22,37-40H,1-4H3. The predicted octanol–water partition coefficient (Wildman–Crippen LogP) is 9.42. The summed E-state index contributed by atoms with van der Waals surface area (Å²) < 4.78 is 0. The van der Waals surface area contributed by atoms with Crippen molar-refractivity contribution < 1.29 is 20.4 Å². The summed E-state index contributed by atoms with van der Waals surface area (Å²) in [5, 5.41) is 45.1. The third kappa shape index (κ3) is 4.56. The van der Waals surface area contributed by atoms with Gasteiger partial charge in [-0.2, -0.15) is 0 Å². The van der Waals surface area contributed by atoms with Crippen LogP contribution in [0, 0.1) is 0 Å². The van der Waals surface area contributed by atoms with Gasteiger partial charge in [-0.15, -0.1) is 0 Å². The van der Waals surface area contributed by atoms with Crippen LogP contribution in [0.15, 0.2) is 97.1 Å². The van der Waals surface area contributed by atoms with E-state index >= 15 is 0 Å². The lowest BCUT2D eigenvalue weighted by Gasteiger charge is -2.31. The Kier molecular flexibility index (Phi) is 7.27. The van der Waals surface area contributed by atoms with Gasteiger partial charge in [0.2, 0.25) is 0 Å². The zero-order valence-corrected chi connectivity index (χ0v) is 23.2. The topological polar surface area (TPSA) is 80.9 Å². The van der Waals surface area contributed by atoms with Gasteiger partial charge < -0.3 is 20.4 Å². The summed E-state index contributed by atoms with van der Waals surface area (Å²) in [7, 11) is 0. The number of rotatable bonds is 6. The molecule has 0 saturated heterocycles. The first-order chi connectivity index (χ1) is 19.2. The highest BCUT2D eigenvalue weighted by Gasteiger charge is 2.32. The monoisotopic (exact) mass is 530 g/mol. The molecule has 0 unspecified atom stereocenters. The first-order valence-electron chi connectivity index (χ1n) is 13.6. The van der Waals surface area contributed by atoms with Crippen LogP contribution < -0.4 is 0 Å². The van der Waals surface area contributed by atoms with E-state index in [9.17, 15) is 20.4 Å². The van der Waals surface area contributed by atoms with Crippen molar-refractivity contribution in [2.75, 3.05) is 0 Å². The molecule has 202 valence electrons. The molecule has 0 saturated carbocycles. The van der Waals surface area contributed by atoms with E-state index in [-0.39, 0.29) is 34.8 Å². The Balaban J connectivity index is 2.20. The Morgan fingerprint density at radius 1 is 0.350 bits per heavy atom. The Bertz CT molecular complexity index is 1570. The van der Waals surface area contributed by atoms with Crippen molar-refractivity contribution in [2.45, 2.75) is 39.5 Å². The minimum absolute atomic E-state index is 0.0136. The molecule has 0 fully saturated rings. The molecule has 4 heteroatoms. The average Bonchev–Trinajstić information content (AvgIpc) is 2.93. The summed E-state index contributed by atoms with van der Waals surface area (Å²) in [6.45, 7) is 8.47. The van der Waals surface area contributed by atoms with Crippen molar-refractivity contribution in [1.82, 2.24) is 0 Å². The van der Waals surface area contributed by atoms with E-state index in [1.165, 1.54) is 0 Å². The van der Waals surface area contributed by atoms with Crippen molar-refractivity contribution >= 4 is 0 Å². The van der Waals surface area contributed by atoms with Gasteiger partial charge in [-0.25, -0.2) is 0 Å². The van der Waals surface area contributed by atoms with Crippen molar-refractivity contribution in [3.05, 3.63) is 108 Å². The van der Waals surface area contributed by atoms with Crippen LogP contribution in [0.3, 0.4) is 0 Å². The number of hydrogen-bond acceptors (Lipinski definition) is 4. The van der Waals surface area contributed by atoms with Crippen molar-refractivity contribution in [3.63, 3.8) is 0 Å². The normalized spacial score (nSPS) is 11.3. The molecule has 40 heavy (non-hydrogen) atoms. The van der Waals surface area contributed by atoms with Gasteiger partial charge >= 0.3 is 0 Å². The number of benzene rings is 5. The third-order valence-electron chi connectivity index (χ3n) is 7.43. The highest BCUT2D eigenvalue weighted by Crippen LogP contribution is 2.57. The first-order valence-corrected chi connectivity index (χ1v) is 13.6. The van der Waals surface area contributed by atoms with Gasteiger partial charge in [0, 0.05) is 33.4 Å². The summed E-state index contributed by atoms with van der Waals surface area (Å²) in [6.07, 6.45) is 0. The van der Waals surface area contributed by atoms with Crippen LogP contribution >= 0.6 is 0 Å². The van der Waals surface area contributed by atoms with Crippen LogP contribution in [0.5, 0.6) is 23.0 Å². The summed E-state index contributed by atoms with van der Waals surface area (Å²) in [4.78, 5) is 0. The minimum Gasteiger partial charge on any atom is -0.507 e. The maximum atomic E-state index is 11.3. The molecule has 0 aliphatic carbocycles. The van der Waals surface area contributed by atoms with Crippen molar-refractivity contribution in [1.29, 1.82) is 0 Å². The summed E-state index contributed by atoms with van der Waals surface area (Å²) >= 11 is 0. The largest absolute Gasteiger partial charge is 0.507 e. The number of aromatic hydroxyl groups is 4. The molecular weight excluding hydrogens is 496 g/mol. The van der Waals surface area contributed by atoms with Gasteiger partial charge in [0.25, 0.3) is 0 Å². The zero-order valence-electron chi connectivity index (χ0n) is 23.2. The van der Waals surface area contributed by atoms with Gasteiger partial charge in [0.15, 0.2) is 0 Å². The quantitative estimate of drug-likeness (QED) is 0.176. The molecule has 0 heterocycles. The van der Waals surface area contributed by atoms with Gasteiger partial charge in [-0.1, -0.05) is 100 Å². The smallest absolute Gasteiger partial charge is 0.123 e. The fraction of sp³-hybridized carbons (Fsp3) is 0.167. The molecule has 5 aromatic carbocycles. The highest BCUT2D eigenvalue weighted by atomic mass is 16.3. The minimum atomic E-state index is 0.0136.